The lowest BCUT2D eigenvalue weighted by atomic mass is 10.0. The minimum absolute atomic E-state index is 0.888. The maximum absolute atomic E-state index is 5.02. The average molecular weight is 336 g/mol. The summed E-state index contributed by atoms with van der Waals surface area (Å²) in [7, 11) is 0. The first-order valence-corrected chi connectivity index (χ1v) is 9.15. The molecular formula is C24H20N2. The van der Waals surface area contributed by atoms with Crippen molar-refractivity contribution >= 4 is 16.6 Å². The number of rotatable bonds is 3. The van der Waals surface area contributed by atoms with Gasteiger partial charge < -0.3 is 4.90 Å². The van der Waals surface area contributed by atoms with E-state index in [1.165, 1.54) is 27.8 Å². The zero-order valence-electron chi connectivity index (χ0n) is 14.6. The Bertz CT molecular complexity index is 1070. The Morgan fingerprint density at radius 2 is 1.58 bits per heavy atom. The van der Waals surface area contributed by atoms with Gasteiger partial charge in [-0.2, -0.15) is 0 Å². The van der Waals surface area contributed by atoms with Crippen LogP contribution in [0.5, 0.6) is 0 Å². The van der Waals surface area contributed by atoms with E-state index in [-0.39, 0.29) is 0 Å². The summed E-state index contributed by atoms with van der Waals surface area (Å²) in [4.78, 5) is 7.50. The highest BCUT2D eigenvalue weighted by atomic mass is 15.1. The van der Waals surface area contributed by atoms with Crippen molar-refractivity contribution in [1.29, 1.82) is 0 Å². The summed E-state index contributed by atoms with van der Waals surface area (Å²) in [6.07, 6.45) is 1.12. The lowest BCUT2D eigenvalue weighted by Gasteiger charge is -2.21. The summed E-state index contributed by atoms with van der Waals surface area (Å²) in [6, 6.07) is 30.0. The fraction of sp³-hybridized carbons (Fsp3) is 0.125. The van der Waals surface area contributed by atoms with E-state index in [2.05, 4.69) is 89.8 Å². The highest BCUT2D eigenvalue weighted by Gasteiger charge is 2.20. The summed E-state index contributed by atoms with van der Waals surface area (Å²) in [5, 5.41) is 1.20. The van der Waals surface area contributed by atoms with Crippen molar-refractivity contribution in [2.45, 2.75) is 13.0 Å². The molecule has 2 heterocycles. The van der Waals surface area contributed by atoms with Crippen LogP contribution in [0.4, 0.5) is 5.69 Å². The van der Waals surface area contributed by atoms with Crippen molar-refractivity contribution in [2.24, 2.45) is 0 Å². The molecule has 0 unspecified atom stereocenters. The van der Waals surface area contributed by atoms with Gasteiger partial charge in [0.25, 0.3) is 0 Å². The topological polar surface area (TPSA) is 16.1 Å². The maximum Gasteiger partial charge on any atom is 0.0759 e. The summed E-state index contributed by atoms with van der Waals surface area (Å²) >= 11 is 0. The molecule has 126 valence electrons. The molecular weight excluding hydrogens is 316 g/mol. The lowest BCUT2D eigenvalue weighted by Crippen LogP contribution is -2.20. The van der Waals surface area contributed by atoms with Gasteiger partial charge in [-0.15, -0.1) is 0 Å². The Morgan fingerprint density at radius 1 is 0.808 bits per heavy atom. The van der Waals surface area contributed by atoms with E-state index < -0.39 is 0 Å². The van der Waals surface area contributed by atoms with E-state index in [1.54, 1.807) is 0 Å². The molecule has 0 saturated heterocycles. The largest absolute Gasteiger partial charge is 0.367 e. The molecule has 2 heteroatoms. The molecule has 1 aliphatic rings. The molecule has 2 nitrogen and oxygen atoms in total. The van der Waals surface area contributed by atoms with Gasteiger partial charge in [-0.3, -0.25) is 0 Å². The Hall–Kier alpha value is -3.13. The van der Waals surface area contributed by atoms with Crippen molar-refractivity contribution in [3.05, 3.63) is 96.1 Å². The molecule has 0 fully saturated rings. The molecule has 0 spiro atoms. The van der Waals surface area contributed by atoms with Crippen molar-refractivity contribution in [3.63, 3.8) is 0 Å². The second-order valence-corrected chi connectivity index (χ2v) is 6.86. The van der Waals surface area contributed by atoms with Crippen molar-refractivity contribution in [2.75, 3.05) is 11.4 Å². The number of nitrogens with zero attached hydrogens (tertiary/aromatic N) is 2. The minimum atomic E-state index is 0.888. The van der Waals surface area contributed by atoms with E-state index >= 15 is 0 Å². The number of hydrogen-bond donors (Lipinski definition) is 0. The van der Waals surface area contributed by atoms with Gasteiger partial charge in [0.15, 0.2) is 0 Å². The molecule has 0 N–H and O–H groups in total. The van der Waals surface area contributed by atoms with E-state index in [1.807, 2.05) is 0 Å². The second kappa shape index (κ2) is 6.30. The monoisotopic (exact) mass is 336 g/mol. The Kier molecular flexibility index (Phi) is 3.67. The normalized spacial score (nSPS) is 13.2. The summed E-state index contributed by atoms with van der Waals surface area (Å²) in [5.41, 5.74) is 7.42. The van der Waals surface area contributed by atoms with Gasteiger partial charge in [0.05, 0.1) is 11.2 Å². The minimum Gasteiger partial charge on any atom is -0.367 e. The fourth-order valence-electron chi connectivity index (χ4n) is 3.90. The van der Waals surface area contributed by atoms with Crippen LogP contribution >= 0.6 is 0 Å². The van der Waals surface area contributed by atoms with Gasteiger partial charge in [0, 0.05) is 29.7 Å². The molecule has 1 aromatic heterocycles. The van der Waals surface area contributed by atoms with E-state index in [0.29, 0.717) is 0 Å². The van der Waals surface area contributed by atoms with Crippen molar-refractivity contribution < 1.29 is 0 Å². The summed E-state index contributed by atoms with van der Waals surface area (Å²) in [6.45, 7) is 1.96. The number of fused-ring (bicyclic) bond motifs is 2. The van der Waals surface area contributed by atoms with E-state index in [4.69, 9.17) is 4.98 Å². The zero-order valence-corrected chi connectivity index (χ0v) is 14.6. The molecule has 3 aromatic carbocycles. The number of anilines is 1. The molecule has 0 atom stereocenters. The number of hydrogen-bond acceptors (Lipinski definition) is 2. The molecule has 1 aliphatic heterocycles. The van der Waals surface area contributed by atoms with E-state index in [9.17, 15) is 0 Å². The first-order valence-electron chi connectivity index (χ1n) is 9.15. The van der Waals surface area contributed by atoms with E-state index in [0.717, 1.165) is 30.7 Å². The quantitative estimate of drug-likeness (QED) is 0.493. The van der Waals surface area contributed by atoms with Gasteiger partial charge in [-0.1, -0.05) is 66.7 Å². The van der Waals surface area contributed by atoms with Crippen molar-refractivity contribution in [1.82, 2.24) is 4.98 Å². The Labute approximate surface area is 153 Å². The molecule has 4 aromatic rings. The van der Waals surface area contributed by atoms with Crippen LogP contribution in [0, 0.1) is 0 Å². The first kappa shape index (κ1) is 15.2. The van der Waals surface area contributed by atoms with Gasteiger partial charge in [-0.25, -0.2) is 4.98 Å². The number of para-hydroxylation sites is 2. The number of benzene rings is 3. The van der Waals surface area contributed by atoms with Crippen LogP contribution < -0.4 is 4.90 Å². The van der Waals surface area contributed by atoms with Crippen molar-refractivity contribution in [3.8, 4) is 11.3 Å². The van der Waals surface area contributed by atoms with Crippen LogP contribution in [0.2, 0.25) is 0 Å². The zero-order chi connectivity index (χ0) is 17.3. The predicted molar refractivity (Wildman–Crippen MR) is 108 cm³/mol. The van der Waals surface area contributed by atoms with Crippen LogP contribution in [0.3, 0.4) is 0 Å². The van der Waals surface area contributed by atoms with Crippen LogP contribution in [-0.2, 0) is 13.0 Å². The Balaban J connectivity index is 1.62. The third kappa shape index (κ3) is 2.64. The Morgan fingerprint density at radius 3 is 2.50 bits per heavy atom. The molecule has 0 saturated carbocycles. The molecule has 0 radical (unpaired) electrons. The SMILES string of the molecule is c1ccc(-c2nc3ccccc3cc2CN2CCc3ccccc32)cc1. The van der Waals surface area contributed by atoms with Gasteiger partial charge >= 0.3 is 0 Å². The highest BCUT2D eigenvalue weighted by molar-refractivity contribution is 5.83. The third-order valence-corrected chi connectivity index (χ3v) is 5.19. The molecule has 5 rings (SSSR count). The van der Waals surface area contributed by atoms with Crippen LogP contribution in [0.15, 0.2) is 84.9 Å². The fourth-order valence-corrected chi connectivity index (χ4v) is 3.90. The lowest BCUT2D eigenvalue weighted by molar-refractivity contribution is 0.835. The van der Waals surface area contributed by atoms with Gasteiger partial charge in [-0.05, 0) is 35.7 Å². The first-order chi connectivity index (χ1) is 12.9. The second-order valence-electron chi connectivity index (χ2n) is 6.86. The number of pyridine rings is 1. The smallest absolute Gasteiger partial charge is 0.0759 e. The predicted octanol–water partition coefficient (Wildman–Crippen LogP) is 5.46. The molecule has 0 bridgehead atoms. The van der Waals surface area contributed by atoms with Crippen LogP contribution in [0.25, 0.3) is 22.2 Å². The highest BCUT2D eigenvalue weighted by Crippen LogP contribution is 2.32. The standard InChI is InChI=1S/C24H20N2/c1-2-9-19(10-3-1)24-21(16-20-11-4-6-12-22(20)25-24)17-26-15-14-18-8-5-7-13-23(18)26/h1-13,16H,14-15,17H2. The van der Waals surface area contributed by atoms with Crippen LogP contribution in [0.1, 0.15) is 11.1 Å². The molecule has 0 aliphatic carbocycles. The molecule has 0 amide bonds. The van der Waals surface area contributed by atoms with Gasteiger partial charge in [0.2, 0.25) is 0 Å². The van der Waals surface area contributed by atoms with Crippen LogP contribution in [-0.4, -0.2) is 11.5 Å². The summed E-state index contributed by atoms with van der Waals surface area (Å²) in [5.74, 6) is 0. The van der Waals surface area contributed by atoms with Gasteiger partial charge in [0.1, 0.15) is 0 Å². The third-order valence-electron chi connectivity index (χ3n) is 5.19. The average Bonchev–Trinajstić information content (AvgIpc) is 3.11. The maximum atomic E-state index is 5.02. The molecule has 26 heavy (non-hydrogen) atoms. The summed E-state index contributed by atoms with van der Waals surface area (Å²) < 4.78 is 0. The number of aromatic nitrogens is 1.